The molecule has 0 bridgehead atoms. The number of hydrogen-bond donors (Lipinski definition) is 1. The highest BCUT2D eigenvalue weighted by Gasteiger charge is 2.23. The number of halogens is 1. The van der Waals surface area contributed by atoms with Gasteiger partial charge in [0.2, 0.25) is 5.82 Å². The van der Waals surface area contributed by atoms with E-state index in [0.717, 1.165) is 5.56 Å². The van der Waals surface area contributed by atoms with Crippen LogP contribution in [0, 0.1) is 15.9 Å². The Hall–Kier alpha value is -2.77. The van der Waals surface area contributed by atoms with Gasteiger partial charge in [-0.1, -0.05) is 12.1 Å². The highest BCUT2D eigenvalue weighted by atomic mass is 19.1. The summed E-state index contributed by atoms with van der Waals surface area (Å²) in [7, 11) is 0. The molecule has 7 nitrogen and oxygen atoms in total. The van der Waals surface area contributed by atoms with Crippen molar-refractivity contribution in [2.75, 3.05) is 18.5 Å². The average Bonchev–Trinajstić information content (AvgIpc) is 2.49. The third kappa shape index (κ3) is 3.87. The molecule has 0 unspecified atom stereocenters. The summed E-state index contributed by atoms with van der Waals surface area (Å²) in [5.74, 6) is -0.262. The van der Waals surface area contributed by atoms with Crippen LogP contribution in [0.3, 0.4) is 0 Å². The fourth-order valence-corrected chi connectivity index (χ4v) is 1.88. The zero-order valence-corrected chi connectivity index (χ0v) is 12.0. The van der Waals surface area contributed by atoms with Gasteiger partial charge >= 0.3 is 5.69 Å². The summed E-state index contributed by atoms with van der Waals surface area (Å²) in [4.78, 5) is 18.2. The van der Waals surface area contributed by atoms with Crippen molar-refractivity contribution in [1.29, 1.82) is 0 Å². The number of rotatable bonds is 7. The number of aromatic nitrogens is 2. The molecular formula is C14H15FN4O3. The second kappa shape index (κ2) is 7.30. The molecular weight excluding hydrogens is 291 g/mol. The normalized spacial score (nSPS) is 10.3. The van der Waals surface area contributed by atoms with Crippen LogP contribution in [0.15, 0.2) is 30.6 Å². The monoisotopic (exact) mass is 306 g/mol. The summed E-state index contributed by atoms with van der Waals surface area (Å²) in [6.07, 6.45) is 1.78. The van der Waals surface area contributed by atoms with Crippen molar-refractivity contribution < 1.29 is 14.1 Å². The van der Waals surface area contributed by atoms with Gasteiger partial charge in [-0.15, -0.1) is 0 Å². The molecule has 1 N–H and O–H groups in total. The third-order valence-corrected chi connectivity index (χ3v) is 2.87. The molecule has 22 heavy (non-hydrogen) atoms. The topological polar surface area (TPSA) is 90.2 Å². The molecule has 0 aliphatic heterocycles. The first-order chi connectivity index (χ1) is 10.6. The lowest BCUT2D eigenvalue weighted by Crippen LogP contribution is -2.10. The van der Waals surface area contributed by atoms with E-state index >= 15 is 0 Å². The molecule has 116 valence electrons. The first-order valence-corrected chi connectivity index (χ1v) is 6.72. The van der Waals surface area contributed by atoms with E-state index in [1.54, 1.807) is 19.1 Å². The smallest absolute Gasteiger partial charge is 0.372 e. The van der Waals surface area contributed by atoms with Crippen LogP contribution in [-0.4, -0.2) is 28.0 Å². The quantitative estimate of drug-likeness (QED) is 0.624. The summed E-state index contributed by atoms with van der Waals surface area (Å²) in [5, 5.41) is 14.0. The summed E-state index contributed by atoms with van der Waals surface area (Å²) in [6, 6.07) is 6.07. The summed E-state index contributed by atoms with van der Waals surface area (Å²) < 4.78 is 18.0. The molecule has 0 atom stereocenters. The minimum absolute atomic E-state index is 0.0632. The van der Waals surface area contributed by atoms with Crippen molar-refractivity contribution in [3.63, 3.8) is 0 Å². The number of benzene rings is 1. The highest BCUT2D eigenvalue weighted by molar-refractivity contribution is 5.61. The molecule has 2 rings (SSSR count). The van der Waals surface area contributed by atoms with Gasteiger partial charge in [-0.05, 0) is 31.0 Å². The Labute approximate surface area is 126 Å². The molecule has 0 saturated heterocycles. The second-order valence-corrected chi connectivity index (χ2v) is 4.37. The number of nitrogens with one attached hydrogen (secondary N) is 1. The van der Waals surface area contributed by atoms with Gasteiger partial charge < -0.3 is 10.1 Å². The lowest BCUT2D eigenvalue weighted by Gasteiger charge is -2.08. The van der Waals surface area contributed by atoms with Crippen LogP contribution in [-0.2, 0) is 6.42 Å². The fourth-order valence-electron chi connectivity index (χ4n) is 1.88. The van der Waals surface area contributed by atoms with Crippen LogP contribution in [0.2, 0.25) is 0 Å². The van der Waals surface area contributed by atoms with Crippen LogP contribution >= 0.6 is 0 Å². The molecule has 2 aromatic rings. The first-order valence-electron chi connectivity index (χ1n) is 6.72. The molecule has 0 radical (unpaired) electrons. The number of ether oxygens (including phenoxy) is 1. The Bertz CT molecular complexity index is 649. The Balaban J connectivity index is 2.07. The van der Waals surface area contributed by atoms with Crippen molar-refractivity contribution in [3.8, 4) is 5.88 Å². The van der Waals surface area contributed by atoms with Crippen LogP contribution in [0.25, 0.3) is 0 Å². The Morgan fingerprint density at radius 3 is 2.68 bits per heavy atom. The van der Waals surface area contributed by atoms with Crippen LogP contribution < -0.4 is 10.1 Å². The predicted octanol–water partition coefficient (Wildman–Crippen LogP) is 2.58. The van der Waals surface area contributed by atoms with Gasteiger partial charge in [-0.25, -0.2) is 9.37 Å². The summed E-state index contributed by atoms with van der Waals surface area (Å²) >= 11 is 0. The van der Waals surface area contributed by atoms with E-state index in [2.05, 4.69) is 15.3 Å². The average molecular weight is 306 g/mol. The molecule has 0 aliphatic carbocycles. The maximum absolute atomic E-state index is 12.8. The predicted molar refractivity (Wildman–Crippen MR) is 78.4 cm³/mol. The van der Waals surface area contributed by atoms with E-state index in [4.69, 9.17) is 4.74 Å². The Kier molecular flexibility index (Phi) is 5.18. The van der Waals surface area contributed by atoms with E-state index in [-0.39, 0.29) is 29.8 Å². The molecule has 1 heterocycles. The molecule has 1 aromatic carbocycles. The standard InChI is InChI=1S/C14H15FN4O3/c1-2-22-14-12(19(20)21)13(17-9-18-14)16-8-7-10-3-5-11(15)6-4-10/h3-6,9H,2,7-8H2,1H3,(H,16,17,18). The van der Waals surface area contributed by atoms with E-state index in [9.17, 15) is 14.5 Å². The second-order valence-electron chi connectivity index (χ2n) is 4.37. The van der Waals surface area contributed by atoms with E-state index in [1.807, 2.05) is 0 Å². The minimum atomic E-state index is -0.578. The van der Waals surface area contributed by atoms with Crippen LogP contribution in [0.4, 0.5) is 15.9 Å². The molecule has 8 heteroatoms. The van der Waals surface area contributed by atoms with E-state index in [1.165, 1.54) is 18.5 Å². The van der Waals surface area contributed by atoms with Gasteiger partial charge in [0, 0.05) is 6.54 Å². The number of nitro groups is 1. The van der Waals surface area contributed by atoms with Crippen molar-refractivity contribution in [2.45, 2.75) is 13.3 Å². The maximum Gasteiger partial charge on any atom is 0.372 e. The maximum atomic E-state index is 12.8. The SMILES string of the molecule is CCOc1ncnc(NCCc2ccc(F)cc2)c1[N+](=O)[O-]. The first kappa shape index (κ1) is 15.6. The van der Waals surface area contributed by atoms with Crippen LogP contribution in [0.1, 0.15) is 12.5 Å². The fraction of sp³-hybridized carbons (Fsp3) is 0.286. The minimum Gasteiger partial charge on any atom is -0.473 e. The Morgan fingerprint density at radius 1 is 1.32 bits per heavy atom. The van der Waals surface area contributed by atoms with Gasteiger partial charge in [0.1, 0.15) is 12.1 Å². The van der Waals surface area contributed by atoms with Gasteiger partial charge in [-0.2, -0.15) is 4.98 Å². The lowest BCUT2D eigenvalue weighted by molar-refractivity contribution is -0.385. The van der Waals surface area contributed by atoms with E-state index in [0.29, 0.717) is 13.0 Å². The lowest BCUT2D eigenvalue weighted by atomic mass is 10.1. The third-order valence-electron chi connectivity index (χ3n) is 2.87. The number of anilines is 1. The molecule has 0 aliphatic rings. The zero-order chi connectivity index (χ0) is 15.9. The van der Waals surface area contributed by atoms with Gasteiger partial charge in [0.05, 0.1) is 11.5 Å². The zero-order valence-electron chi connectivity index (χ0n) is 12.0. The van der Waals surface area contributed by atoms with Crippen LogP contribution in [0.5, 0.6) is 5.88 Å². The Morgan fingerprint density at radius 2 is 2.05 bits per heavy atom. The molecule has 0 amide bonds. The highest BCUT2D eigenvalue weighted by Crippen LogP contribution is 2.30. The number of nitrogens with zero attached hydrogens (tertiary/aromatic N) is 3. The summed E-state index contributed by atoms with van der Waals surface area (Å²) in [5.41, 5.74) is 0.624. The van der Waals surface area contributed by atoms with Gasteiger partial charge in [-0.3, -0.25) is 10.1 Å². The van der Waals surface area contributed by atoms with Crippen molar-refractivity contribution in [3.05, 3.63) is 52.1 Å². The molecule has 0 saturated carbocycles. The largest absolute Gasteiger partial charge is 0.473 e. The van der Waals surface area contributed by atoms with Gasteiger partial charge in [0.15, 0.2) is 0 Å². The molecule has 0 spiro atoms. The number of hydrogen-bond acceptors (Lipinski definition) is 6. The van der Waals surface area contributed by atoms with Crippen molar-refractivity contribution in [2.24, 2.45) is 0 Å². The van der Waals surface area contributed by atoms with E-state index < -0.39 is 4.92 Å². The van der Waals surface area contributed by atoms with Crippen molar-refractivity contribution >= 4 is 11.5 Å². The molecule has 1 aromatic heterocycles. The van der Waals surface area contributed by atoms with Gasteiger partial charge in [0.25, 0.3) is 5.88 Å². The van der Waals surface area contributed by atoms with Crippen molar-refractivity contribution in [1.82, 2.24) is 9.97 Å². The summed E-state index contributed by atoms with van der Waals surface area (Å²) in [6.45, 7) is 2.40. The molecule has 0 fully saturated rings.